The highest BCUT2D eigenvalue weighted by Crippen LogP contribution is 2.26. The Labute approximate surface area is 172 Å². The lowest BCUT2D eigenvalue weighted by atomic mass is 10.1. The first kappa shape index (κ1) is 19.1. The molecular weight excluding hydrogens is 384 g/mol. The van der Waals surface area contributed by atoms with Gasteiger partial charge in [0, 0.05) is 23.3 Å². The number of non-ortho nitro benzene ring substituents is 1. The fourth-order valence-electron chi connectivity index (χ4n) is 2.91. The maximum atomic E-state index is 12.2. The van der Waals surface area contributed by atoms with Gasteiger partial charge >= 0.3 is 5.97 Å². The topological polar surface area (TPSA) is 91.0 Å². The SMILES string of the molecule is O=C1OC(c2ccccc2)=N/C1=C\c1ccccc1OCc1cccc([N+](=O)[O-])c1. The van der Waals surface area contributed by atoms with Crippen LogP contribution in [0.3, 0.4) is 0 Å². The van der Waals surface area contributed by atoms with Crippen molar-refractivity contribution in [3.63, 3.8) is 0 Å². The van der Waals surface area contributed by atoms with Gasteiger partial charge in [-0.25, -0.2) is 9.79 Å². The number of para-hydroxylation sites is 1. The Hall–Kier alpha value is -4.26. The van der Waals surface area contributed by atoms with Gasteiger partial charge in [-0.05, 0) is 29.8 Å². The van der Waals surface area contributed by atoms with E-state index in [2.05, 4.69) is 4.99 Å². The average molecular weight is 400 g/mol. The van der Waals surface area contributed by atoms with Crippen LogP contribution in [0.15, 0.2) is 89.6 Å². The maximum Gasteiger partial charge on any atom is 0.363 e. The Balaban J connectivity index is 1.56. The van der Waals surface area contributed by atoms with Crippen LogP contribution in [-0.4, -0.2) is 16.8 Å². The van der Waals surface area contributed by atoms with Crippen molar-refractivity contribution in [2.75, 3.05) is 0 Å². The Morgan fingerprint density at radius 2 is 1.77 bits per heavy atom. The van der Waals surface area contributed by atoms with E-state index in [0.29, 0.717) is 22.4 Å². The van der Waals surface area contributed by atoms with Crippen molar-refractivity contribution in [3.05, 3.63) is 111 Å². The van der Waals surface area contributed by atoms with Crippen molar-refractivity contribution in [2.24, 2.45) is 4.99 Å². The number of aliphatic imine (C=N–C) groups is 1. The van der Waals surface area contributed by atoms with Crippen LogP contribution in [0.25, 0.3) is 6.08 Å². The second-order valence-corrected chi connectivity index (χ2v) is 6.46. The largest absolute Gasteiger partial charge is 0.488 e. The normalized spacial score (nSPS) is 14.3. The number of rotatable bonds is 6. The van der Waals surface area contributed by atoms with Gasteiger partial charge in [-0.3, -0.25) is 10.1 Å². The molecule has 0 amide bonds. The van der Waals surface area contributed by atoms with Crippen molar-refractivity contribution < 1.29 is 19.2 Å². The maximum absolute atomic E-state index is 12.2. The lowest BCUT2D eigenvalue weighted by Crippen LogP contribution is -2.05. The number of hydrogen-bond donors (Lipinski definition) is 0. The third-order valence-electron chi connectivity index (χ3n) is 4.37. The zero-order chi connectivity index (χ0) is 20.9. The molecule has 0 N–H and O–H groups in total. The molecule has 0 atom stereocenters. The van der Waals surface area contributed by atoms with Crippen molar-refractivity contribution in [1.82, 2.24) is 0 Å². The van der Waals surface area contributed by atoms with Crippen molar-refractivity contribution in [2.45, 2.75) is 6.61 Å². The number of carbonyl (C=O) groups excluding carboxylic acids is 1. The number of nitro groups is 1. The van der Waals surface area contributed by atoms with Gasteiger partial charge < -0.3 is 9.47 Å². The number of cyclic esters (lactones) is 1. The molecule has 7 nitrogen and oxygen atoms in total. The number of hydrogen-bond acceptors (Lipinski definition) is 6. The van der Waals surface area contributed by atoms with Gasteiger partial charge in [0.25, 0.3) is 5.69 Å². The molecule has 0 bridgehead atoms. The summed E-state index contributed by atoms with van der Waals surface area (Å²) in [6.07, 6.45) is 1.60. The molecule has 7 heteroatoms. The van der Waals surface area contributed by atoms with Gasteiger partial charge in [-0.1, -0.05) is 48.5 Å². The molecule has 0 unspecified atom stereocenters. The van der Waals surface area contributed by atoms with E-state index in [4.69, 9.17) is 9.47 Å². The summed E-state index contributed by atoms with van der Waals surface area (Å²) in [4.78, 5) is 27.0. The minimum absolute atomic E-state index is 0.00276. The van der Waals surface area contributed by atoms with Crippen molar-refractivity contribution in [1.29, 1.82) is 0 Å². The molecule has 0 aliphatic carbocycles. The number of benzene rings is 3. The summed E-state index contributed by atoms with van der Waals surface area (Å²) in [6, 6.07) is 22.6. The van der Waals surface area contributed by atoms with Gasteiger partial charge in [0.15, 0.2) is 5.70 Å². The fourth-order valence-corrected chi connectivity index (χ4v) is 2.91. The lowest BCUT2D eigenvalue weighted by molar-refractivity contribution is -0.384. The van der Waals surface area contributed by atoms with Crippen LogP contribution in [0.1, 0.15) is 16.7 Å². The highest BCUT2D eigenvalue weighted by atomic mass is 16.6. The molecule has 4 rings (SSSR count). The molecule has 0 saturated carbocycles. The van der Waals surface area contributed by atoms with Crippen LogP contribution >= 0.6 is 0 Å². The Morgan fingerprint density at radius 3 is 2.57 bits per heavy atom. The molecule has 3 aromatic carbocycles. The van der Waals surface area contributed by atoms with Gasteiger partial charge in [0.1, 0.15) is 12.4 Å². The molecule has 0 aromatic heterocycles. The predicted molar refractivity (Wildman–Crippen MR) is 111 cm³/mol. The summed E-state index contributed by atoms with van der Waals surface area (Å²) in [6.45, 7) is 0.144. The molecule has 3 aromatic rings. The first-order valence-electron chi connectivity index (χ1n) is 9.13. The van der Waals surface area contributed by atoms with Gasteiger partial charge in [-0.2, -0.15) is 0 Å². The van der Waals surface area contributed by atoms with Crippen LogP contribution in [0.4, 0.5) is 5.69 Å². The van der Waals surface area contributed by atoms with Crippen molar-refractivity contribution >= 4 is 23.6 Å². The van der Waals surface area contributed by atoms with E-state index < -0.39 is 10.9 Å². The lowest BCUT2D eigenvalue weighted by Gasteiger charge is -2.09. The predicted octanol–water partition coefficient (Wildman–Crippen LogP) is 4.52. The molecule has 0 saturated heterocycles. The summed E-state index contributed by atoms with van der Waals surface area (Å²) in [7, 11) is 0. The minimum Gasteiger partial charge on any atom is -0.488 e. The third-order valence-corrected chi connectivity index (χ3v) is 4.37. The summed E-state index contributed by atoms with van der Waals surface area (Å²) < 4.78 is 11.1. The van der Waals surface area contributed by atoms with Gasteiger partial charge in [0.05, 0.1) is 4.92 Å². The monoisotopic (exact) mass is 400 g/mol. The van der Waals surface area contributed by atoms with E-state index in [0.717, 1.165) is 0 Å². The second kappa shape index (κ2) is 8.40. The molecule has 148 valence electrons. The molecule has 0 spiro atoms. The van der Waals surface area contributed by atoms with Gasteiger partial charge in [0.2, 0.25) is 5.90 Å². The fraction of sp³-hybridized carbons (Fsp3) is 0.0435. The van der Waals surface area contributed by atoms with Crippen LogP contribution < -0.4 is 4.74 Å². The minimum atomic E-state index is -0.539. The molecule has 0 fully saturated rings. The molecule has 1 aliphatic heterocycles. The van der Waals surface area contributed by atoms with E-state index in [1.54, 1.807) is 36.4 Å². The number of nitrogens with zero attached hydrogens (tertiary/aromatic N) is 2. The zero-order valence-electron chi connectivity index (χ0n) is 15.7. The van der Waals surface area contributed by atoms with Crippen LogP contribution in [-0.2, 0) is 16.1 Å². The molecular formula is C23H16N2O5. The summed E-state index contributed by atoms with van der Waals surface area (Å²) in [5, 5.41) is 10.9. The standard InChI is InChI=1S/C23H16N2O5/c26-23-20(24-22(30-23)17-8-2-1-3-9-17)14-18-10-4-5-12-21(18)29-15-16-7-6-11-19(13-16)25(27)28/h1-14H,15H2/b20-14-. The Morgan fingerprint density at radius 1 is 1.00 bits per heavy atom. The summed E-state index contributed by atoms with van der Waals surface area (Å²) >= 11 is 0. The number of nitro benzene ring substituents is 1. The van der Waals surface area contributed by atoms with Crippen LogP contribution in [0.5, 0.6) is 5.75 Å². The van der Waals surface area contributed by atoms with Gasteiger partial charge in [-0.15, -0.1) is 0 Å². The van der Waals surface area contributed by atoms with Crippen LogP contribution in [0, 0.1) is 10.1 Å². The van der Waals surface area contributed by atoms with E-state index >= 15 is 0 Å². The number of carbonyl (C=O) groups is 1. The summed E-state index contributed by atoms with van der Waals surface area (Å²) in [5.74, 6) is 0.233. The highest BCUT2D eigenvalue weighted by Gasteiger charge is 2.24. The average Bonchev–Trinajstić information content (AvgIpc) is 3.14. The van der Waals surface area contributed by atoms with Crippen molar-refractivity contribution in [3.8, 4) is 5.75 Å². The highest BCUT2D eigenvalue weighted by molar-refractivity contribution is 6.12. The Kier molecular flexibility index (Phi) is 5.34. The van der Waals surface area contributed by atoms with E-state index in [1.165, 1.54) is 12.1 Å². The van der Waals surface area contributed by atoms with E-state index in [-0.39, 0.29) is 23.9 Å². The zero-order valence-corrected chi connectivity index (χ0v) is 15.7. The van der Waals surface area contributed by atoms with E-state index in [9.17, 15) is 14.9 Å². The Bertz CT molecular complexity index is 1170. The van der Waals surface area contributed by atoms with E-state index in [1.807, 2.05) is 36.4 Å². The quantitative estimate of drug-likeness (QED) is 0.263. The second-order valence-electron chi connectivity index (χ2n) is 6.46. The number of esters is 1. The molecule has 1 aliphatic rings. The summed E-state index contributed by atoms with van der Waals surface area (Å²) in [5.41, 5.74) is 2.19. The molecule has 30 heavy (non-hydrogen) atoms. The smallest absolute Gasteiger partial charge is 0.363 e. The molecule has 1 heterocycles. The molecule has 0 radical (unpaired) electrons. The first-order valence-corrected chi connectivity index (χ1v) is 9.13. The van der Waals surface area contributed by atoms with Crippen LogP contribution in [0.2, 0.25) is 0 Å². The first-order chi connectivity index (χ1) is 14.6. The third kappa shape index (κ3) is 4.25. The number of ether oxygens (including phenoxy) is 2.